The van der Waals surface area contributed by atoms with Gasteiger partial charge in [-0.3, -0.25) is 0 Å². The molecule has 2 aromatic rings. The van der Waals surface area contributed by atoms with E-state index in [0.29, 0.717) is 11.0 Å². The molecule has 0 aliphatic heterocycles. The number of amides is 2. The van der Waals surface area contributed by atoms with Crippen LogP contribution < -0.4 is 16.0 Å². The number of hydrogen-bond donors (Lipinski definition) is 2. The van der Waals surface area contributed by atoms with Gasteiger partial charge >= 0.3 is 6.03 Å². The summed E-state index contributed by atoms with van der Waals surface area (Å²) in [4.78, 5) is 19.4. The summed E-state index contributed by atoms with van der Waals surface area (Å²) in [5.41, 5.74) is 7.61. The van der Waals surface area contributed by atoms with Gasteiger partial charge in [0.05, 0.1) is 5.69 Å². The first-order chi connectivity index (χ1) is 13.1. The fraction of sp³-hybridized carbons (Fsp3) is 0.524. The summed E-state index contributed by atoms with van der Waals surface area (Å²) in [6.07, 6.45) is 8.54. The predicted molar refractivity (Wildman–Crippen MR) is 113 cm³/mol. The Bertz CT molecular complexity index is 752. The summed E-state index contributed by atoms with van der Waals surface area (Å²) < 4.78 is 0. The lowest BCUT2D eigenvalue weighted by molar-refractivity contribution is 0.256. The topological polar surface area (TPSA) is 71.2 Å². The maximum Gasteiger partial charge on any atom is 0.325 e. The monoisotopic (exact) mass is 386 g/mol. The molecule has 3 N–H and O–H groups in total. The highest BCUT2D eigenvalue weighted by molar-refractivity contribution is 7.15. The molecule has 3 rings (SSSR count). The van der Waals surface area contributed by atoms with Gasteiger partial charge in [0.15, 0.2) is 5.13 Å². The number of para-hydroxylation sites is 1. The summed E-state index contributed by atoms with van der Waals surface area (Å²) >= 11 is 1.52. The summed E-state index contributed by atoms with van der Waals surface area (Å²) in [6.45, 7) is 5.99. The Morgan fingerprint density at radius 1 is 1.30 bits per heavy atom. The Labute approximate surface area is 166 Å². The van der Waals surface area contributed by atoms with E-state index in [1.165, 1.54) is 48.3 Å². The summed E-state index contributed by atoms with van der Waals surface area (Å²) in [6, 6.07) is 7.43. The molecule has 6 heteroatoms. The summed E-state index contributed by atoms with van der Waals surface area (Å²) in [5, 5.41) is 4.22. The number of anilines is 2. The molecule has 1 saturated carbocycles. The summed E-state index contributed by atoms with van der Waals surface area (Å²) in [7, 11) is 0. The number of primary amides is 1. The Hall–Kier alpha value is -1.92. The van der Waals surface area contributed by atoms with Crippen molar-refractivity contribution < 1.29 is 4.79 Å². The van der Waals surface area contributed by atoms with Crippen LogP contribution in [0, 0.1) is 5.92 Å². The van der Waals surface area contributed by atoms with E-state index in [0.717, 1.165) is 35.1 Å². The van der Waals surface area contributed by atoms with Gasteiger partial charge in [0, 0.05) is 17.6 Å². The van der Waals surface area contributed by atoms with Crippen molar-refractivity contribution in [1.29, 1.82) is 0 Å². The molecule has 0 bridgehead atoms. The molecule has 1 aromatic heterocycles. The van der Waals surface area contributed by atoms with E-state index in [1.807, 2.05) is 24.4 Å². The number of carbonyl (C=O) groups is 1. The van der Waals surface area contributed by atoms with Gasteiger partial charge in [0.2, 0.25) is 0 Å². The number of nitrogens with zero attached hydrogens (tertiary/aromatic N) is 2. The Morgan fingerprint density at radius 2 is 2.04 bits per heavy atom. The van der Waals surface area contributed by atoms with Crippen LogP contribution in [0.3, 0.4) is 0 Å². The van der Waals surface area contributed by atoms with Crippen molar-refractivity contribution >= 4 is 28.2 Å². The molecule has 146 valence electrons. The first-order valence-corrected chi connectivity index (χ1v) is 10.7. The van der Waals surface area contributed by atoms with Crippen molar-refractivity contribution in [3.8, 4) is 0 Å². The molecule has 0 radical (unpaired) electrons. The van der Waals surface area contributed by atoms with Gasteiger partial charge < -0.3 is 11.1 Å². The van der Waals surface area contributed by atoms with Crippen LogP contribution in [0.4, 0.5) is 15.6 Å². The van der Waals surface area contributed by atoms with Gasteiger partial charge in [0.25, 0.3) is 0 Å². The number of hydrogen-bond acceptors (Lipinski definition) is 4. The fourth-order valence-corrected chi connectivity index (χ4v) is 4.58. The molecule has 1 fully saturated rings. The first kappa shape index (κ1) is 19.8. The van der Waals surface area contributed by atoms with Crippen LogP contribution in [-0.2, 0) is 6.54 Å². The Kier molecular flexibility index (Phi) is 6.85. The fourth-order valence-electron chi connectivity index (χ4n) is 3.64. The highest BCUT2D eigenvalue weighted by atomic mass is 32.1. The zero-order chi connectivity index (χ0) is 19.2. The van der Waals surface area contributed by atoms with E-state index in [4.69, 9.17) is 5.73 Å². The van der Waals surface area contributed by atoms with Crippen LogP contribution in [0.1, 0.15) is 62.3 Å². The van der Waals surface area contributed by atoms with Gasteiger partial charge in [0.1, 0.15) is 0 Å². The smallest absolute Gasteiger partial charge is 0.325 e. The third kappa shape index (κ3) is 5.08. The number of urea groups is 1. The number of nitrogens with two attached hydrogens (primary N) is 1. The SMILES string of the molecule is CC(C)c1cnc(N(C(N)=O)c2ccccc2CNCC2CCCCC2)s1. The molecule has 0 spiro atoms. The van der Waals surface area contributed by atoms with Crippen LogP contribution in [0.25, 0.3) is 0 Å². The van der Waals surface area contributed by atoms with Crippen LogP contribution in [0.15, 0.2) is 30.5 Å². The normalized spacial score (nSPS) is 15.2. The quantitative estimate of drug-likeness (QED) is 0.691. The molecule has 1 aliphatic rings. The largest absolute Gasteiger partial charge is 0.351 e. The minimum absolute atomic E-state index is 0.374. The zero-order valence-corrected chi connectivity index (χ0v) is 17.1. The second-order valence-electron chi connectivity index (χ2n) is 7.64. The van der Waals surface area contributed by atoms with Gasteiger partial charge in [-0.1, -0.05) is 51.3 Å². The van der Waals surface area contributed by atoms with Gasteiger partial charge in [-0.15, -0.1) is 11.3 Å². The van der Waals surface area contributed by atoms with Crippen molar-refractivity contribution in [3.05, 3.63) is 40.9 Å². The van der Waals surface area contributed by atoms with Crippen molar-refractivity contribution in [2.24, 2.45) is 11.7 Å². The average molecular weight is 387 g/mol. The molecular weight excluding hydrogens is 356 g/mol. The lowest BCUT2D eigenvalue weighted by atomic mass is 9.89. The maximum atomic E-state index is 12.2. The molecule has 1 aromatic carbocycles. The first-order valence-electron chi connectivity index (χ1n) is 9.90. The maximum absolute atomic E-state index is 12.2. The standard InChI is InChI=1S/C21H30N4OS/c1-15(2)19-14-24-21(27-19)25(20(22)26)18-11-7-6-10-17(18)13-23-12-16-8-4-3-5-9-16/h6-7,10-11,14-16,23H,3-5,8-9,12-13H2,1-2H3,(H2,22,26). The van der Waals surface area contributed by atoms with Crippen LogP contribution >= 0.6 is 11.3 Å². The number of benzene rings is 1. The molecule has 1 heterocycles. The molecular formula is C21H30N4OS. The molecule has 0 saturated heterocycles. The van der Waals surface area contributed by atoms with E-state index < -0.39 is 6.03 Å². The van der Waals surface area contributed by atoms with Crippen LogP contribution in [-0.4, -0.2) is 17.6 Å². The third-order valence-corrected chi connectivity index (χ3v) is 6.48. The molecule has 0 unspecified atom stereocenters. The highest BCUT2D eigenvalue weighted by Crippen LogP contribution is 2.34. The molecule has 0 atom stereocenters. The van der Waals surface area contributed by atoms with Crippen molar-refractivity contribution in [2.75, 3.05) is 11.4 Å². The minimum Gasteiger partial charge on any atom is -0.351 e. The van der Waals surface area contributed by atoms with E-state index in [9.17, 15) is 4.79 Å². The number of thiazole rings is 1. The van der Waals surface area contributed by atoms with Crippen LogP contribution in [0.5, 0.6) is 0 Å². The molecule has 1 aliphatic carbocycles. The average Bonchev–Trinajstić information content (AvgIpc) is 3.14. The third-order valence-electron chi connectivity index (χ3n) is 5.20. The second-order valence-corrected chi connectivity index (χ2v) is 8.68. The number of rotatable bonds is 7. The predicted octanol–water partition coefficient (Wildman–Crippen LogP) is 5.15. The van der Waals surface area contributed by atoms with Crippen molar-refractivity contribution in [3.63, 3.8) is 0 Å². The lowest BCUT2D eigenvalue weighted by Crippen LogP contribution is -2.33. The van der Waals surface area contributed by atoms with E-state index >= 15 is 0 Å². The second kappa shape index (κ2) is 9.33. The van der Waals surface area contributed by atoms with E-state index in [2.05, 4.69) is 30.2 Å². The number of nitrogens with one attached hydrogen (secondary N) is 1. The van der Waals surface area contributed by atoms with Gasteiger partial charge in [-0.25, -0.2) is 14.7 Å². The van der Waals surface area contributed by atoms with Gasteiger partial charge in [-0.05, 0) is 42.9 Å². The van der Waals surface area contributed by atoms with E-state index in [-0.39, 0.29) is 0 Å². The molecule has 5 nitrogen and oxygen atoms in total. The highest BCUT2D eigenvalue weighted by Gasteiger charge is 2.22. The van der Waals surface area contributed by atoms with E-state index in [1.54, 1.807) is 0 Å². The Balaban J connectivity index is 1.75. The lowest BCUT2D eigenvalue weighted by Gasteiger charge is -2.23. The number of carbonyl (C=O) groups excluding carboxylic acids is 1. The minimum atomic E-state index is -0.501. The van der Waals surface area contributed by atoms with Crippen molar-refractivity contribution in [2.45, 2.75) is 58.4 Å². The zero-order valence-electron chi connectivity index (χ0n) is 16.3. The van der Waals surface area contributed by atoms with Crippen molar-refractivity contribution in [1.82, 2.24) is 10.3 Å². The molecule has 2 amide bonds. The van der Waals surface area contributed by atoms with Gasteiger partial charge in [-0.2, -0.15) is 0 Å². The number of aromatic nitrogens is 1. The van der Waals surface area contributed by atoms with Crippen LogP contribution in [0.2, 0.25) is 0 Å². The summed E-state index contributed by atoms with van der Waals surface area (Å²) in [5.74, 6) is 1.14. The molecule has 27 heavy (non-hydrogen) atoms. The Morgan fingerprint density at radius 3 is 2.70 bits per heavy atom.